The number of halogens is 1. The van der Waals surface area contributed by atoms with Crippen molar-refractivity contribution in [2.45, 2.75) is 18.6 Å². The standard InChI is InChI=1S/C20H21FN4O2S/c1-14-6-5-7-15(12-14)19-23-24-20(25(19)10-11-27-2)28-13-18(26)22-17-9-4-3-8-16(17)21/h3-9,12H,10-11,13H2,1-2H3,(H,22,26). The Morgan fingerprint density at radius 1 is 1.21 bits per heavy atom. The molecule has 146 valence electrons. The van der Waals surface area contributed by atoms with E-state index in [1.165, 1.54) is 23.9 Å². The van der Waals surface area contributed by atoms with E-state index in [1.807, 2.05) is 35.8 Å². The number of amides is 1. The predicted molar refractivity (Wildman–Crippen MR) is 108 cm³/mol. The molecule has 28 heavy (non-hydrogen) atoms. The third kappa shape index (κ3) is 4.96. The zero-order chi connectivity index (χ0) is 19.9. The van der Waals surface area contributed by atoms with E-state index in [0.717, 1.165) is 17.0 Å². The molecule has 0 radical (unpaired) electrons. The van der Waals surface area contributed by atoms with Crippen LogP contribution >= 0.6 is 11.8 Å². The highest BCUT2D eigenvalue weighted by Crippen LogP contribution is 2.25. The Labute approximate surface area is 167 Å². The van der Waals surface area contributed by atoms with Crippen LogP contribution in [0.5, 0.6) is 0 Å². The fourth-order valence-electron chi connectivity index (χ4n) is 2.66. The molecule has 0 unspecified atom stereocenters. The number of ether oxygens (including phenoxy) is 1. The number of nitrogens with zero attached hydrogens (tertiary/aromatic N) is 3. The van der Waals surface area contributed by atoms with Crippen molar-refractivity contribution in [1.82, 2.24) is 14.8 Å². The SMILES string of the molecule is COCCn1c(SCC(=O)Nc2ccccc2F)nnc1-c1cccc(C)c1. The number of hydrogen-bond donors (Lipinski definition) is 1. The van der Waals surface area contributed by atoms with Gasteiger partial charge in [0.1, 0.15) is 5.82 Å². The number of thioether (sulfide) groups is 1. The molecule has 0 aliphatic carbocycles. The topological polar surface area (TPSA) is 69.0 Å². The van der Waals surface area contributed by atoms with Crippen LogP contribution in [0.3, 0.4) is 0 Å². The van der Waals surface area contributed by atoms with Crippen LogP contribution in [0.25, 0.3) is 11.4 Å². The minimum absolute atomic E-state index is 0.0905. The van der Waals surface area contributed by atoms with Gasteiger partial charge in [-0.25, -0.2) is 4.39 Å². The molecule has 1 aromatic heterocycles. The smallest absolute Gasteiger partial charge is 0.234 e. The average molecular weight is 400 g/mol. The van der Waals surface area contributed by atoms with Gasteiger partial charge in [-0.1, -0.05) is 47.7 Å². The van der Waals surface area contributed by atoms with Crippen LogP contribution in [0.1, 0.15) is 5.56 Å². The summed E-state index contributed by atoms with van der Waals surface area (Å²) < 4.78 is 20.8. The van der Waals surface area contributed by atoms with Gasteiger partial charge in [0.05, 0.1) is 24.6 Å². The largest absolute Gasteiger partial charge is 0.383 e. The average Bonchev–Trinajstić information content (AvgIpc) is 3.09. The number of rotatable bonds is 8. The van der Waals surface area contributed by atoms with Gasteiger partial charge in [-0.2, -0.15) is 0 Å². The first kappa shape index (κ1) is 20.0. The van der Waals surface area contributed by atoms with Gasteiger partial charge in [0, 0.05) is 12.7 Å². The highest BCUT2D eigenvalue weighted by molar-refractivity contribution is 7.99. The van der Waals surface area contributed by atoms with Crippen molar-refractivity contribution >= 4 is 23.4 Å². The molecule has 3 rings (SSSR count). The maximum atomic E-state index is 13.7. The summed E-state index contributed by atoms with van der Waals surface area (Å²) in [6.07, 6.45) is 0. The Morgan fingerprint density at radius 2 is 2.04 bits per heavy atom. The number of methoxy groups -OCH3 is 1. The number of carbonyl (C=O) groups is 1. The van der Waals surface area contributed by atoms with Gasteiger partial charge in [-0.05, 0) is 25.1 Å². The summed E-state index contributed by atoms with van der Waals surface area (Å²) in [5.74, 6) is 0.0323. The lowest BCUT2D eigenvalue weighted by Gasteiger charge is -2.10. The van der Waals surface area contributed by atoms with Crippen molar-refractivity contribution < 1.29 is 13.9 Å². The zero-order valence-electron chi connectivity index (χ0n) is 15.7. The lowest BCUT2D eigenvalue weighted by atomic mass is 10.1. The van der Waals surface area contributed by atoms with Crippen LogP contribution in [0.15, 0.2) is 53.7 Å². The Morgan fingerprint density at radius 3 is 2.79 bits per heavy atom. The number of carbonyl (C=O) groups excluding carboxylic acids is 1. The summed E-state index contributed by atoms with van der Waals surface area (Å²) in [5.41, 5.74) is 2.23. The second kappa shape index (κ2) is 9.48. The molecule has 0 aliphatic rings. The third-order valence-electron chi connectivity index (χ3n) is 3.99. The molecular weight excluding hydrogens is 379 g/mol. The molecule has 8 heteroatoms. The van der Waals surface area contributed by atoms with Crippen LogP contribution < -0.4 is 5.32 Å². The number of hydrogen-bond acceptors (Lipinski definition) is 5. The third-order valence-corrected chi connectivity index (χ3v) is 4.96. The lowest BCUT2D eigenvalue weighted by molar-refractivity contribution is -0.113. The summed E-state index contributed by atoms with van der Waals surface area (Å²) >= 11 is 1.25. The van der Waals surface area contributed by atoms with Crippen molar-refractivity contribution in [2.24, 2.45) is 0 Å². The van der Waals surface area contributed by atoms with Crippen LogP contribution in [0.4, 0.5) is 10.1 Å². The Balaban J connectivity index is 1.74. The summed E-state index contributed by atoms with van der Waals surface area (Å²) in [4.78, 5) is 12.2. The van der Waals surface area contributed by atoms with Gasteiger partial charge in [0.2, 0.25) is 5.91 Å². The van der Waals surface area contributed by atoms with E-state index < -0.39 is 5.82 Å². The summed E-state index contributed by atoms with van der Waals surface area (Å²) in [6, 6.07) is 14.1. The first-order valence-corrected chi connectivity index (χ1v) is 9.73. The lowest BCUT2D eigenvalue weighted by Crippen LogP contribution is -2.16. The molecule has 2 aromatic carbocycles. The van der Waals surface area contributed by atoms with Gasteiger partial charge in [-0.15, -0.1) is 10.2 Å². The fourth-order valence-corrected chi connectivity index (χ4v) is 3.42. The maximum absolute atomic E-state index is 13.7. The number of benzene rings is 2. The summed E-state index contributed by atoms with van der Waals surface area (Å²) in [5, 5.41) is 11.7. The van der Waals surface area contributed by atoms with Gasteiger partial charge in [0.15, 0.2) is 11.0 Å². The van der Waals surface area contributed by atoms with Crippen LogP contribution in [0, 0.1) is 12.7 Å². The minimum Gasteiger partial charge on any atom is -0.383 e. The molecule has 0 fully saturated rings. The normalized spacial score (nSPS) is 10.8. The first-order chi connectivity index (χ1) is 13.6. The number of aromatic nitrogens is 3. The number of aryl methyl sites for hydroxylation is 1. The number of anilines is 1. The van der Waals surface area contributed by atoms with Crippen molar-refractivity contribution in [3.8, 4) is 11.4 Å². The van der Waals surface area contributed by atoms with Crippen molar-refractivity contribution in [1.29, 1.82) is 0 Å². The predicted octanol–water partition coefficient (Wildman–Crippen LogP) is 3.77. The molecule has 0 atom stereocenters. The van der Waals surface area contributed by atoms with E-state index in [9.17, 15) is 9.18 Å². The Bertz CT molecular complexity index is 961. The van der Waals surface area contributed by atoms with Gasteiger partial charge >= 0.3 is 0 Å². The molecule has 0 bridgehead atoms. The molecule has 1 N–H and O–H groups in total. The van der Waals surface area contributed by atoms with E-state index in [0.29, 0.717) is 18.3 Å². The van der Waals surface area contributed by atoms with Crippen molar-refractivity contribution in [3.63, 3.8) is 0 Å². The van der Waals surface area contributed by atoms with Gasteiger partial charge < -0.3 is 10.1 Å². The number of para-hydroxylation sites is 1. The number of nitrogens with one attached hydrogen (secondary N) is 1. The monoisotopic (exact) mass is 400 g/mol. The molecule has 0 spiro atoms. The van der Waals surface area contributed by atoms with Crippen LogP contribution in [-0.2, 0) is 16.1 Å². The molecular formula is C20H21FN4O2S. The van der Waals surface area contributed by atoms with Crippen molar-refractivity contribution in [3.05, 3.63) is 59.9 Å². The molecule has 3 aromatic rings. The maximum Gasteiger partial charge on any atom is 0.234 e. The Hall–Kier alpha value is -2.71. The van der Waals surface area contributed by atoms with E-state index in [4.69, 9.17) is 4.74 Å². The molecule has 0 saturated heterocycles. The van der Waals surface area contributed by atoms with E-state index in [1.54, 1.807) is 19.2 Å². The molecule has 1 amide bonds. The van der Waals surface area contributed by atoms with E-state index >= 15 is 0 Å². The fraction of sp³-hybridized carbons (Fsp3) is 0.250. The molecule has 6 nitrogen and oxygen atoms in total. The van der Waals surface area contributed by atoms with Crippen molar-refractivity contribution in [2.75, 3.05) is 24.8 Å². The van der Waals surface area contributed by atoms with Gasteiger partial charge in [-0.3, -0.25) is 9.36 Å². The highest BCUT2D eigenvalue weighted by atomic mass is 32.2. The van der Waals surface area contributed by atoms with Crippen LogP contribution in [-0.4, -0.2) is 40.1 Å². The molecule has 0 aliphatic heterocycles. The minimum atomic E-state index is -0.467. The summed E-state index contributed by atoms with van der Waals surface area (Å²) in [7, 11) is 1.63. The molecule has 0 saturated carbocycles. The second-order valence-corrected chi connectivity index (χ2v) is 7.08. The zero-order valence-corrected chi connectivity index (χ0v) is 16.5. The van der Waals surface area contributed by atoms with Crippen LogP contribution in [0.2, 0.25) is 0 Å². The first-order valence-electron chi connectivity index (χ1n) is 8.75. The second-order valence-electron chi connectivity index (χ2n) is 6.14. The van der Waals surface area contributed by atoms with E-state index in [2.05, 4.69) is 15.5 Å². The molecule has 1 heterocycles. The highest BCUT2D eigenvalue weighted by Gasteiger charge is 2.16. The van der Waals surface area contributed by atoms with Gasteiger partial charge in [0.25, 0.3) is 0 Å². The Kier molecular flexibility index (Phi) is 6.78. The van der Waals surface area contributed by atoms with E-state index in [-0.39, 0.29) is 17.3 Å². The summed E-state index contributed by atoms with van der Waals surface area (Å²) in [6.45, 7) is 3.07. The quantitative estimate of drug-likeness (QED) is 0.583.